The van der Waals surface area contributed by atoms with E-state index in [2.05, 4.69) is 31.4 Å². The maximum atomic E-state index is 13.4. The van der Waals surface area contributed by atoms with Crippen LogP contribution >= 0.6 is 27.3 Å². The lowest BCUT2D eigenvalue weighted by Gasteiger charge is -2.12. The molecule has 0 aliphatic rings. The van der Waals surface area contributed by atoms with Crippen LogP contribution in [0.15, 0.2) is 69.0 Å². The first kappa shape index (κ1) is 21.0. The molecule has 0 aliphatic heterocycles. The van der Waals surface area contributed by atoms with E-state index in [4.69, 9.17) is 5.73 Å². The standard InChI is InChI=1S/C22H18BrN5O2S/c1-13-17-20(31-18(13)19(24)29)26-22(27-25-11-14-7-9-16(23)10-8-14)28(21(17)30)12-15-5-3-2-4-6-15/h2-11H,12H2,1H3,(H2,24,29)(H,26,27)/b25-11+. The van der Waals surface area contributed by atoms with Crippen molar-refractivity contribution < 1.29 is 4.79 Å². The van der Waals surface area contributed by atoms with Gasteiger partial charge in [-0.1, -0.05) is 58.4 Å². The normalized spacial score (nSPS) is 11.3. The minimum absolute atomic E-state index is 0.253. The van der Waals surface area contributed by atoms with Crippen LogP contribution in [-0.4, -0.2) is 21.7 Å². The maximum absolute atomic E-state index is 13.4. The van der Waals surface area contributed by atoms with E-state index in [1.54, 1.807) is 13.1 Å². The molecule has 0 spiro atoms. The van der Waals surface area contributed by atoms with E-state index in [-0.39, 0.29) is 11.5 Å². The van der Waals surface area contributed by atoms with Gasteiger partial charge in [0, 0.05) is 4.47 Å². The Morgan fingerprint density at radius 2 is 1.94 bits per heavy atom. The average molecular weight is 496 g/mol. The van der Waals surface area contributed by atoms with Crippen LogP contribution in [0.25, 0.3) is 10.2 Å². The number of aromatic nitrogens is 2. The Bertz CT molecular complexity index is 1340. The molecule has 0 aliphatic carbocycles. The molecule has 2 heterocycles. The largest absolute Gasteiger partial charge is 0.365 e. The lowest BCUT2D eigenvalue weighted by molar-refractivity contribution is 0.100. The zero-order valence-corrected chi connectivity index (χ0v) is 18.9. The monoisotopic (exact) mass is 495 g/mol. The maximum Gasteiger partial charge on any atom is 0.264 e. The fraction of sp³-hybridized carbons (Fsp3) is 0.0909. The van der Waals surface area contributed by atoms with Crippen molar-refractivity contribution in [2.75, 3.05) is 5.43 Å². The number of thiophene rings is 1. The molecule has 9 heteroatoms. The molecule has 2 aromatic carbocycles. The number of nitrogens with one attached hydrogen (secondary N) is 1. The zero-order valence-electron chi connectivity index (χ0n) is 16.5. The zero-order chi connectivity index (χ0) is 22.0. The number of benzene rings is 2. The summed E-state index contributed by atoms with van der Waals surface area (Å²) in [5.41, 5.74) is 10.5. The molecular formula is C22H18BrN5O2S. The Kier molecular flexibility index (Phi) is 5.97. The van der Waals surface area contributed by atoms with Gasteiger partial charge in [0.15, 0.2) is 0 Å². The molecule has 7 nitrogen and oxygen atoms in total. The lowest BCUT2D eigenvalue weighted by Crippen LogP contribution is -2.24. The van der Waals surface area contributed by atoms with Gasteiger partial charge in [0.25, 0.3) is 11.5 Å². The van der Waals surface area contributed by atoms with Gasteiger partial charge in [-0.05, 0) is 35.7 Å². The van der Waals surface area contributed by atoms with Gasteiger partial charge in [0.1, 0.15) is 4.83 Å². The van der Waals surface area contributed by atoms with Gasteiger partial charge in [-0.3, -0.25) is 14.2 Å². The summed E-state index contributed by atoms with van der Waals surface area (Å²) in [6.07, 6.45) is 1.64. The second kappa shape index (κ2) is 8.83. The van der Waals surface area contributed by atoms with E-state index in [9.17, 15) is 9.59 Å². The van der Waals surface area contributed by atoms with Gasteiger partial charge in [-0.15, -0.1) is 11.3 Å². The number of halogens is 1. The molecule has 0 unspecified atom stereocenters. The quantitative estimate of drug-likeness (QED) is 0.310. The summed E-state index contributed by atoms with van der Waals surface area (Å²) < 4.78 is 2.49. The number of hydrogen-bond donors (Lipinski definition) is 2. The van der Waals surface area contributed by atoms with Crippen LogP contribution in [0.4, 0.5) is 5.95 Å². The lowest BCUT2D eigenvalue weighted by atomic mass is 10.2. The topological polar surface area (TPSA) is 102 Å². The van der Waals surface area contributed by atoms with Crippen molar-refractivity contribution in [3.05, 3.63) is 91.0 Å². The minimum Gasteiger partial charge on any atom is -0.365 e. The first-order chi connectivity index (χ1) is 14.9. The summed E-state index contributed by atoms with van der Waals surface area (Å²) in [5.74, 6) is -0.288. The number of amides is 1. The van der Waals surface area contributed by atoms with Crippen molar-refractivity contribution in [2.45, 2.75) is 13.5 Å². The summed E-state index contributed by atoms with van der Waals surface area (Å²) >= 11 is 4.51. The van der Waals surface area contributed by atoms with Gasteiger partial charge in [-0.2, -0.15) is 5.10 Å². The average Bonchev–Trinajstić information content (AvgIpc) is 3.09. The molecule has 2 aromatic heterocycles. The highest BCUT2D eigenvalue weighted by molar-refractivity contribution is 9.10. The van der Waals surface area contributed by atoms with Gasteiger partial charge in [0.2, 0.25) is 5.95 Å². The van der Waals surface area contributed by atoms with Crippen LogP contribution in [-0.2, 0) is 6.54 Å². The SMILES string of the molecule is Cc1c(C(N)=O)sc2nc(N/N=C/c3ccc(Br)cc3)n(Cc3ccccc3)c(=O)c12. The van der Waals surface area contributed by atoms with Gasteiger partial charge < -0.3 is 5.73 Å². The summed E-state index contributed by atoms with van der Waals surface area (Å²) in [6.45, 7) is 2.02. The van der Waals surface area contributed by atoms with E-state index in [0.29, 0.717) is 27.2 Å². The fourth-order valence-corrected chi connectivity index (χ4v) is 4.45. The summed E-state index contributed by atoms with van der Waals surface area (Å²) in [7, 11) is 0. The van der Waals surface area contributed by atoms with Gasteiger partial charge in [0.05, 0.1) is 23.0 Å². The molecule has 31 heavy (non-hydrogen) atoms. The molecule has 0 radical (unpaired) electrons. The number of rotatable bonds is 6. The second-order valence-electron chi connectivity index (χ2n) is 6.83. The number of carbonyl (C=O) groups excluding carboxylic acids is 1. The highest BCUT2D eigenvalue weighted by Gasteiger charge is 2.20. The molecular weight excluding hydrogens is 478 g/mol. The van der Waals surface area contributed by atoms with Crippen LogP contribution < -0.4 is 16.7 Å². The third-order valence-electron chi connectivity index (χ3n) is 4.71. The number of hydrogen-bond acceptors (Lipinski definition) is 6. The third-order valence-corrected chi connectivity index (χ3v) is 6.43. The number of nitrogens with zero attached hydrogens (tertiary/aromatic N) is 3. The van der Waals surface area contributed by atoms with Crippen molar-refractivity contribution in [2.24, 2.45) is 10.8 Å². The van der Waals surface area contributed by atoms with Crippen LogP contribution in [0.5, 0.6) is 0 Å². The van der Waals surface area contributed by atoms with E-state index >= 15 is 0 Å². The first-order valence-corrected chi connectivity index (χ1v) is 11.0. The van der Waals surface area contributed by atoms with Gasteiger partial charge in [-0.25, -0.2) is 10.4 Å². The predicted octanol–water partition coefficient (Wildman–Crippen LogP) is 4.12. The van der Waals surface area contributed by atoms with Gasteiger partial charge >= 0.3 is 0 Å². The molecule has 0 fully saturated rings. The third kappa shape index (κ3) is 4.42. The molecule has 3 N–H and O–H groups in total. The van der Waals surface area contributed by atoms with E-state index < -0.39 is 5.91 Å². The van der Waals surface area contributed by atoms with Crippen LogP contribution in [0.3, 0.4) is 0 Å². The van der Waals surface area contributed by atoms with Crippen molar-refractivity contribution in [1.82, 2.24) is 9.55 Å². The summed E-state index contributed by atoms with van der Waals surface area (Å²) in [6, 6.07) is 17.2. The Morgan fingerprint density at radius 1 is 1.23 bits per heavy atom. The predicted molar refractivity (Wildman–Crippen MR) is 128 cm³/mol. The van der Waals surface area contributed by atoms with E-state index in [1.165, 1.54) is 4.57 Å². The number of primary amides is 1. The van der Waals surface area contributed by atoms with Crippen LogP contribution in [0, 0.1) is 6.92 Å². The van der Waals surface area contributed by atoms with Crippen LogP contribution in [0.2, 0.25) is 0 Å². The van der Waals surface area contributed by atoms with Crippen molar-refractivity contribution >= 4 is 55.6 Å². The molecule has 1 amide bonds. The molecule has 4 rings (SSSR count). The smallest absolute Gasteiger partial charge is 0.264 e. The number of hydrazone groups is 1. The van der Waals surface area contributed by atoms with Crippen molar-refractivity contribution in [3.63, 3.8) is 0 Å². The number of carbonyl (C=O) groups is 1. The second-order valence-corrected chi connectivity index (χ2v) is 8.75. The molecule has 0 saturated heterocycles. The number of aryl methyl sites for hydroxylation is 1. The highest BCUT2D eigenvalue weighted by Crippen LogP contribution is 2.28. The highest BCUT2D eigenvalue weighted by atomic mass is 79.9. The number of anilines is 1. The van der Waals surface area contributed by atoms with Crippen molar-refractivity contribution in [3.8, 4) is 0 Å². The fourth-order valence-electron chi connectivity index (χ4n) is 3.16. The number of nitrogens with two attached hydrogens (primary N) is 1. The Morgan fingerprint density at radius 3 is 2.61 bits per heavy atom. The molecule has 4 aromatic rings. The van der Waals surface area contributed by atoms with E-state index in [0.717, 1.165) is 26.9 Å². The van der Waals surface area contributed by atoms with Crippen LogP contribution in [0.1, 0.15) is 26.4 Å². The molecule has 0 bridgehead atoms. The first-order valence-electron chi connectivity index (χ1n) is 9.36. The molecule has 0 saturated carbocycles. The Balaban J connectivity index is 1.79. The molecule has 0 atom stereocenters. The summed E-state index contributed by atoms with van der Waals surface area (Å²) in [5, 5.41) is 4.66. The Labute approximate surface area is 190 Å². The van der Waals surface area contributed by atoms with Crippen molar-refractivity contribution in [1.29, 1.82) is 0 Å². The van der Waals surface area contributed by atoms with E-state index in [1.807, 2.05) is 54.6 Å². The minimum atomic E-state index is -0.572. The number of fused-ring (bicyclic) bond motifs is 1. The molecule has 156 valence electrons. The summed E-state index contributed by atoms with van der Waals surface area (Å²) in [4.78, 5) is 30.5. The Hall–Kier alpha value is -3.30.